The molecule has 0 saturated carbocycles. The van der Waals surface area contributed by atoms with Crippen LogP contribution >= 0.6 is 0 Å². The topological polar surface area (TPSA) is 81.4 Å². The number of hydrogen-bond acceptors (Lipinski definition) is 6. The van der Waals surface area contributed by atoms with Crippen molar-refractivity contribution in [2.24, 2.45) is 0 Å². The molecule has 30 heavy (non-hydrogen) atoms. The van der Waals surface area contributed by atoms with Gasteiger partial charge in [-0.05, 0) is 31.0 Å². The number of alkyl halides is 3. The maximum Gasteiger partial charge on any atom is 0.416 e. The van der Waals surface area contributed by atoms with E-state index in [0.717, 1.165) is 12.1 Å². The lowest BCUT2D eigenvalue weighted by molar-refractivity contribution is -0.137. The molecule has 0 aliphatic carbocycles. The number of hydrogen-bond donors (Lipinski definition) is 2. The van der Waals surface area contributed by atoms with Gasteiger partial charge in [0.2, 0.25) is 0 Å². The average molecular weight is 428 g/mol. The van der Waals surface area contributed by atoms with Crippen molar-refractivity contribution in [1.29, 1.82) is 0 Å². The number of methoxy groups -OCH3 is 1. The van der Waals surface area contributed by atoms with Gasteiger partial charge < -0.3 is 19.9 Å². The zero-order chi connectivity index (χ0) is 21.8. The zero-order valence-electron chi connectivity index (χ0n) is 17.0. The van der Waals surface area contributed by atoms with Gasteiger partial charge in [0.05, 0.1) is 55.5 Å². The number of piperidine rings is 1. The molecule has 3 rings (SSSR count). The van der Waals surface area contributed by atoms with Gasteiger partial charge in [-0.25, -0.2) is 4.68 Å². The molecule has 166 valence electrons. The standard InChI is InChI=1S/C20H27F3N4O3/c1-14-11-19(28,15-3-5-16(6-4-15)20(21,22)23)12-17(24-14)18-13-27(26-25-18)7-8-30-10-9-29-2/h3-6,13-14,17,24,28H,7-12H2,1-2H3/t14-,17-,19?/m0/s1. The Kier molecular flexibility index (Phi) is 7.12. The third-order valence-corrected chi connectivity index (χ3v) is 5.23. The van der Waals surface area contributed by atoms with E-state index in [1.165, 1.54) is 12.1 Å². The summed E-state index contributed by atoms with van der Waals surface area (Å²) >= 11 is 0. The van der Waals surface area contributed by atoms with E-state index in [1.54, 1.807) is 18.0 Å². The van der Waals surface area contributed by atoms with Gasteiger partial charge in [-0.3, -0.25) is 0 Å². The second kappa shape index (κ2) is 9.42. The molecule has 2 aromatic rings. The molecule has 1 aromatic carbocycles. The van der Waals surface area contributed by atoms with E-state index in [1.807, 2.05) is 6.92 Å². The molecule has 1 saturated heterocycles. The van der Waals surface area contributed by atoms with Gasteiger partial charge in [0.15, 0.2) is 0 Å². The van der Waals surface area contributed by atoms with Crippen molar-refractivity contribution in [3.8, 4) is 0 Å². The maximum absolute atomic E-state index is 12.8. The lowest BCUT2D eigenvalue weighted by Crippen LogP contribution is -2.47. The summed E-state index contributed by atoms with van der Waals surface area (Å²) in [5.74, 6) is 0. The lowest BCUT2D eigenvalue weighted by atomic mass is 9.78. The number of benzene rings is 1. The van der Waals surface area contributed by atoms with Gasteiger partial charge >= 0.3 is 6.18 Å². The summed E-state index contributed by atoms with van der Waals surface area (Å²) in [5.41, 5.74) is -0.854. The van der Waals surface area contributed by atoms with Crippen LogP contribution in [0.15, 0.2) is 30.5 Å². The molecule has 0 bridgehead atoms. The molecule has 1 fully saturated rings. The number of nitrogens with one attached hydrogen (secondary N) is 1. The van der Waals surface area contributed by atoms with Crippen molar-refractivity contribution in [2.45, 2.75) is 50.2 Å². The highest BCUT2D eigenvalue weighted by atomic mass is 19.4. The molecule has 0 radical (unpaired) electrons. The van der Waals surface area contributed by atoms with E-state index in [4.69, 9.17) is 9.47 Å². The SMILES string of the molecule is COCCOCCn1cc([C@@H]2CC(O)(c3ccc(C(F)(F)F)cc3)C[C@H](C)N2)nn1. The summed E-state index contributed by atoms with van der Waals surface area (Å²) in [6.45, 7) is 3.95. The Morgan fingerprint density at radius 3 is 2.60 bits per heavy atom. The van der Waals surface area contributed by atoms with Gasteiger partial charge in [-0.1, -0.05) is 17.3 Å². The van der Waals surface area contributed by atoms with Crippen molar-refractivity contribution in [3.05, 3.63) is 47.3 Å². The second-order valence-electron chi connectivity index (χ2n) is 7.65. The van der Waals surface area contributed by atoms with Crippen LogP contribution in [0.5, 0.6) is 0 Å². The first-order valence-electron chi connectivity index (χ1n) is 9.84. The summed E-state index contributed by atoms with van der Waals surface area (Å²) in [6.07, 6.45) is -1.94. The molecule has 2 N–H and O–H groups in total. The highest BCUT2D eigenvalue weighted by molar-refractivity contribution is 5.30. The van der Waals surface area contributed by atoms with Crippen molar-refractivity contribution >= 4 is 0 Å². The Hall–Kier alpha value is -2.01. The molecule has 0 amide bonds. The van der Waals surface area contributed by atoms with Crippen molar-refractivity contribution in [2.75, 3.05) is 26.9 Å². The van der Waals surface area contributed by atoms with E-state index >= 15 is 0 Å². The Morgan fingerprint density at radius 2 is 1.93 bits per heavy atom. The fraction of sp³-hybridized carbons (Fsp3) is 0.600. The minimum absolute atomic E-state index is 0.0569. The van der Waals surface area contributed by atoms with E-state index in [-0.39, 0.29) is 18.5 Å². The first-order chi connectivity index (χ1) is 14.2. The van der Waals surface area contributed by atoms with Crippen molar-refractivity contribution < 1.29 is 27.8 Å². The summed E-state index contributed by atoms with van der Waals surface area (Å²) in [7, 11) is 1.61. The van der Waals surface area contributed by atoms with E-state index in [9.17, 15) is 18.3 Å². The maximum atomic E-state index is 12.8. The first kappa shape index (κ1) is 22.7. The molecular formula is C20H27F3N4O3. The summed E-state index contributed by atoms with van der Waals surface area (Å²) in [6, 6.07) is 4.39. The van der Waals surface area contributed by atoms with Gasteiger partial charge in [-0.2, -0.15) is 13.2 Å². The number of aromatic nitrogens is 3. The predicted octanol–water partition coefficient (Wildman–Crippen LogP) is 2.66. The predicted molar refractivity (Wildman–Crippen MR) is 103 cm³/mol. The minimum atomic E-state index is -4.41. The Labute approximate surface area is 173 Å². The third-order valence-electron chi connectivity index (χ3n) is 5.23. The summed E-state index contributed by atoms with van der Waals surface area (Å²) in [4.78, 5) is 0. The highest BCUT2D eigenvalue weighted by Gasteiger charge is 2.41. The average Bonchev–Trinajstić information content (AvgIpc) is 3.16. The molecule has 1 aromatic heterocycles. The third kappa shape index (κ3) is 5.57. The van der Waals surface area contributed by atoms with Gasteiger partial charge in [0, 0.05) is 19.6 Å². The molecule has 2 heterocycles. The normalized spacial score (nSPS) is 24.9. The summed E-state index contributed by atoms with van der Waals surface area (Å²) in [5, 5.41) is 23.0. The van der Waals surface area contributed by atoms with E-state index in [2.05, 4.69) is 15.6 Å². The molecule has 1 aliphatic rings. The van der Waals surface area contributed by atoms with Crippen molar-refractivity contribution in [3.63, 3.8) is 0 Å². The molecule has 1 aliphatic heterocycles. The number of halogens is 3. The molecule has 1 unspecified atom stereocenters. The molecule has 0 spiro atoms. The minimum Gasteiger partial charge on any atom is -0.385 e. The second-order valence-corrected chi connectivity index (χ2v) is 7.65. The fourth-order valence-electron chi connectivity index (χ4n) is 3.77. The molecule has 7 nitrogen and oxygen atoms in total. The van der Waals surface area contributed by atoms with Crippen LogP contribution in [-0.4, -0.2) is 53.1 Å². The van der Waals surface area contributed by atoms with Crippen molar-refractivity contribution in [1.82, 2.24) is 20.3 Å². The number of rotatable bonds is 8. The number of ether oxygens (including phenoxy) is 2. The summed E-state index contributed by atoms with van der Waals surface area (Å²) < 4.78 is 50.6. The van der Waals surface area contributed by atoms with Crippen LogP contribution in [-0.2, 0) is 27.8 Å². The quantitative estimate of drug-likeness (QED) is 0.630. The first-order valence-corrected chi connectivity index (χ1v) is 9.84. The van der Waals surface area contributed by atoms with Crippen LogP contribution in [0.1, 0.15) is 42.6 Å². The number of nitrogens with zero attached hydrogens (tertiary/aromatic N) is 3. The zero-order valence-corrected chi connectivity index (χ0v) is 17.0. The fourth-order valence-corrected chi connectivity index (χ4v) is 3.77. The van der Waals surface area contributed by atoms with E-state index < -0.39 is 17.3 Å². The Morgan fingerprint density at radius 1 is 1.20 bits per heavy atom. The van der Waals surface area contributed by atoms with Crippen LogP contribution in [0.25, 0.3) is 0 Å². The van der Waals surface area contributed by atoms with Gasteiger partial charge in [0.1, 0.15) is 0 Å². The molecule has 10 heteroatoms. The Bertz CT molecular complexity index is 812. The largest absolute Gasteiger partial charge is 0.416 e. The van der Waals surface area contributed by atoms with Crippen LogP contribution in [0.3, 0.4) is 0 Å². The lowest BCUT2D eigenvalue weighted by Gasteiger charge is -2.40. The molecule has 3 atom stereocenters. The van der Waals surface area contributed by atoms with Crippen LogP contribution < -0.4 is 5.32 Å². The van der Waals surface area contributed by atoms with E-state index in [0.29, 0.717) is 44.0 Å². The smallest absolute Gasteiger partial charge is 0.385 e. The van der Waals surface area contributed by atoms with Gasteiger partial charge in [0.25, 0.3) is 0 Å². The van der Waals surface area contributed by atoms with Crippen LogP contribution in [0.2, 0.25) is 0 Å². The Balaban J connectivity index is 1.68. The number of aliphatic hydroxyl groups is 1. The van der Waals surface area contributed by atoms with Gasteiger partial charge in [-0.15, -0.1) is 5.10 Å². The highest BCUT2D eigenvalue weighted by Crippen LogP contribution is 2.40. The van der Waals surface area contributed by atoms with Crippen LogP contribution in [0.4, 0.5) is 13.2 Å². The van der Waals surface area contributed by atoms with Crippen LogP contribution in [0, 0.1) is 0 Å². The monoisotopic (exact) mass is 428 g/mol. The molecular weight excluding hydrogens is 401 g/mol.